The molecular weight excluding hydrogens is 314 g/mol. The lowest BCUT2D eigenvalue weighted by Crippen LogP contribution is -2.55. The molecule has 25 heavy (non-hydrogen) atoms. The largest absolute Gasteiger partial charge is 0.396 e. The molecule has 0 saturated carbocycles. The fourth-order valence-electron chi connectivity index (χ4n) is 3.66. The summed E-state index contributed by atoms with van der Waals surface area (Å²) in [4.78, 5) is 14.6. The van der Waals surface area contributed by atoms with Crippen molar-refractivity contribution in [2.24, 2.45) is 5.92 Å². The fourth-order valence-corrected chi connectivity index (χ4v) is 3.66. The first-order valence-corrected chi connectivity index (χ1v) is 9.13. The molecule has 2 aliphatic rings. The normalized spacial score (nSPS) is 23.3. The van der Waals surface area contributed by atoms with Crippen LogP contribution >= 0.6 is 0 Å². The molecule has 1 aromatic rings. The Hall–Kier alpha value is -1.85. The topological polar surface area (TPSA) is 64.6 Å². The number of hydrogen-bond donors (Lipinski definition) is 3. The van der Waals surface area contributed by atoms with Gasteiger partial charge >= 0.3 is 6.03 Å². The predicted molar refractivity (Wildman–Crippen MR) is 99.3 cm³/mol. The van der Waals surface area contributed by atoms with E-state index in [1.54, 1.807) is 0 Å². The maximum absolute atomic E-state index is 12.2. The first-order valence-electron chi connectivity index (χ1n) is 9.13. The molecule has 0 fully saturated rings. The zero-order valence-electron chi connectivity index (χ0n) is 15.2. The van der Waals surface area contributed by atoms with Gasteiger partial charge in [0.05, 0.1) is 0 Å². The number of nitrogens with zero attached hydrogens (tertiary/aromatic N) is 1. The van der Waals surface area contributed by atoms with Crippen LogP contribution in [0, 0.1) is 5.92 Å². The number of fused-ring (bicyclic) bond motifs is 1. The van der Waals surface area contributed by atoms with Gasteiger partial charge < -0.3 is 15.7 Å². The van der Waals surface area contributed by atoms with Gasteiger partial charge in [-0.1, -0.05) is 36.4 Å². The van der Waals surface area contributed by atoms with Crippen LogP contribution in [0.1, 0.15) is 31.4 Å². The molecule has 1 aliphatic heterocycles. The molecule has 0 unspecified atom stereocenters. The third-order valence-corrected chi connectivity index (χ3v) is 5.39. The standard InChI is InChI=1S/C20H29N3O2/c1-20(2,23-10-9-16-5-3-4-6-17(16)12-23)14-21-19(25)22-18-8-7-15(11-18)13-24/h3-8,15,18,24H,9-14H2,1-2H3,(H2,21,22,25)/t15-,18+/m0/s1. The van der Waals surface area contributed by atoms with E-state index in [0.717, 1.165) is 25.9 Å². The van der Waals surface area contributed by atoms with E-state index in [9.17, 15) is 4.79 Å². The number of amides is 2. The first kappa shape index (κ1) is 18.0. The van der Waals surface area contributed by atoms with Crippen LogP contribution < -0.4 is 10.6 Å². The number of nitrogens with one attached hydrogen (secondary N) is 2. The van der Waals surface area contributed by atoms with E-state index in [1.807, 2.05) is 12.2 Å². The summed E-state index contributed by atoms with van der Waals surface area (Å²) in [5.41, 5.74) is 2.72. The summed E-state index contributed by atoms with van der Waals surface area (Å²) in [5, 5.41) is 15.1. The van der Waals surface area contributed by atoms with E-state index < -0.39 is 0 Å². The van der Waals surface area contributed by atoms with Gasteiger partial charge in [-0.15, -0.1) is 0 Å². The van der Waals surface area contributed by atoms with Crippen LogP contribution in [0.25, 0.3) is 0 Å². The molecule has 3 rings (SSSR count). The lowest BCUT2D eigenvalue weighted by molar-refractivity contribution is 0.104. The van der Waals surface area contributed by atoms with Gasteiger partial charge in [-0.05, 0) is 37.8 Å². The highest BCUT2D eigenvalue weighted by molar-refractivity contribution is 5.74. The first-order chi connectivity index (χ1) is 12.0. The van der Waals surface area contributed by atoms with Crippen molar-refractivity contribution in [2.45, 2.75) is 44.8 Å². The van der Waals surface area contributed by atoms with Gasteiger partial charge in [0.1, 0.15) is 0 Å². The molecule has 136 valence electrons. The number of carbonyl (C=O) groups excluding carboxylic acids is 1. The van der Waals surface area contributed by atoms with E-state index in [-0.39, 0.29) is 30.1 Å². The van der Waals surface area contributed by atoms with Crippen LogP contribution in [0.2, 0.25) is 0 Å². The zero-order valence-corrected chi connectivity index (χ0v) is 15.2. The van der Waals surface area contributed by atoms with Crippen molar-refractivity contribution in [3.8, 4) is 0 Å². The molecule has 0 saturated heterocycles. The summed E-state index contributed by atoms with van der Waals surface area (Å²) >= 11 is 0. The van der Waals surface area contributed by atoms with Gasteiger partial charge in [0, 0.05) is 43.7 Å². The Labute approximate surface area is 150 Å². The zero-order chi connectivity index (χ0) is 17.9. The highest BCUT2D eigenvalue weighted by Crippen LogP contribution is 2.25. The van der Waals surface area contributed by atoms with Crippen molar-refractivity contribution in [2.75, 3.05) is 19.7 Å². The van der Waals surface area contributed by atoms with Gasteiger partial charge in [-0.25, -0.2) is 4.79 Å². The average Bonchev–Trinajstić information content (AvgIpc) is 3.07. The Morgan fingerprint density at radius 1 is 1.28 bits per heavy atom. The number of urea groups is 1. The number of aliphatic hydroxyl groups is 1. The Bertz CT molecular complexity index is 642. The molecule has 0 spiro atoms. The van der Waals surface area contributed by atoms with Gasteiger partial charge in [0.25, 0.3) is 0 Å². The maximum Gasteiger partial charge on any atom is 0.315 e. The molecule has 5 heteroatoms. The smallest absolute Gasteiger partial charge is 0.315 e. The molecular formula is C20H29N3O2. The highest BCUT2D eigenvalue weighted by atomic mass is 16.3. The monoisotopic (exact) mass is 343 g/mol. The molecule has 0 radical (unpaired) electrons. The van der Waals surface area contributed by atoms with E-state index >= 15 is 0 Å². The van der Waals surface area contributed by atoms with Crippen LogP contribution in [0.3, 0.4) is 0 Å². The third-order valence-electron chi connectivity index (χ3n) is 5.39. The van der Waals surface area contributed by atoms with Crippen molar-refractivity contribution >= 4 is 6.03 Å². The lowest BCUT2D eigenvalue weighted by atomic mass is 9.94. The van der Waals surface area contributed by atoms with Gasteiger partial charge in [0.2, 0.25) is 0 Å². The molecule has 0 aromatic heterocycles. The average molecular weight is 343 g/mol. The summed E-state index contributed by atoms with van der Waals surface area (Å²) in [7, 11) is 0. The quantitative estimate of drug-likeness (QED) is 0.717. The predicted octanol–water partition coefficient (Wildman–Crippen LogP) is 2.06. The number of carbonyl (C=O) groups is 1. The van der Waals surface area contributed by atoms with E-state index in [2.05, 4.69) is 53.6 Å². The molecule has 1 aromatic carbocycles. The van der Waals surface area contributed by atoms with Crippen LogP contribution in [0.4, 0.5) is 4.79 Å². The third kappa shape index (κ3) is 4.41. The summed E-state index contributed by atoms with van der Waals surface area (Å²) in [5.74, 6) is 0.162. The van der Waals surface area contributed by atoms with Crippen molar-refractivity contribution in [1.29, 1.82) is 0 Å². The molecule has 2 amide bonds. The summed E-state index contributed by atoms with van der Waals surface area (Å²) in [6, 6.07) is 8.47. The number of benzene rings is 1. The second-order valence-corrected chi connectivity index (χ2v) is 7.75. The van der Waals surface area contributed by atoms with Crippen LogP contribution in [0.15, 0.2) is 36.4 Å². The van der Waals surface area contributed by atoms with Crippen molar-refractivity contribution in [3.05, 3.63) is 47.5 Å². The molecule has 0 bridgehead atoms. The van der Waals surface area contributed by atoms with Crippen molar-refractivity contribution in [3.63, 3.8) is 0 Å². The van der Waals surface area contributed by atoms with Gasteiger partial charge in [0.15, 0.2) is 0 Å². The Morgan fingerprint density at radius 2 is 2.04 bits per heavy atom. The Morgan fingerprint density at radius 3 is 2.76 bits per heavy atom. The van der Waals surface area contributed by atoms with Crippen LogP contribution in [0.5, 0.6) is 0 Å². The fraction of sp³-hybridized carbons (Fsp3) is 0.550. The lowest BCUT2D eigenvalue weighted by Gasteiger charge is -2.41. The van der Waals surface area contributed by atoms with Crippen LogP contribution in [-0.4, -0.2) is 47.3 Å². The minimum atomic E-state index is -0.140. The summed E-state index contributed by atoms with van der Waals surface area (Å²) < 4.78 is 0. The number of rotatable bonds is 5. The second kappa shape index (κ2) is 7.58. The summed E-state index contributed by atoms with van der Waals surface area (Å²) in [6.07, 6.45) is 5.77. The van der Waals surface area contributed by atoms with E-state index in [0.29, 0.717) is 6.54 Å². The van der Waals surface area contributed by atoms with Gasteiger partial charge in [-0.3, -0.25) is 4.90 Å². The SMILES string of the molecule is CC(C)(CNC(=O)N[C@@H]1C=C[C@H](CO)C1)N1CCc2ccccc2C1. The molecule has 1 heterocycles. The Balaban J connectivity index is 1.49. The molecule has 5 nitrogen and oxygen atoms in total. The van der Waals surface area contributed by atoms with E-state index in [4.69, 9.17) is 5.11 Å². The number of hydrogen-bond acceptors (Lipinski definition) is 3. The molecule has 3 N–H and O–H groups in total. The van der Waals surface area contributed by atoms with Crippen LogP contribution in [-0.2, 0) is 13.0 Å². The second-order valence-electron chi connectivity index (χ2n) is 7.75. The minimum Gasteiger partial charge on any atom is -0.396 e. The number of aliphatic hydroxyl groups excluding tert-OH is 1. The maximum atomic E-state index is 12.2. The molecule has 1 aliphatic carbocycles. The van der Waals surface area contributed by atoms with Crippen molar-refractivity contribution < 1.29 is 9.90 Å². The highest BCUT2D eigenvalue weighted by Gasteiger charge is 2.30. The summed E-state index contributed by atoms with van der Waals surface area (Å²) in [6.45, 7) is 7.03. The van der Waals surface area contributed by atoms with E-state index in [1.165, 1.54) is 11.1 Å². The van der Waals surface area contributed by atoms with Gasteiger partial charge in [-0.2, -0.15) is 0 Å². The molecule has 2 atom stereocenters. The minimum absolute atomic E-state index is 0.0159. The van der Waals surface area contributed by atoms with Crippen molar-refractivity contribution in [1.82, 2.24) is 15.5 Å². The Kier molecular flexibility index (Phi) is 5.45.